The van der Waals surface area contributed by atoms with Crippen LogP contribution in [-0.2, 0) is 4.79 Å². The van der Waals surface area contributed by atoms with Crippen LogP contribution in [0.1, 0.15) is 36.4 Å². The second-order valence-corrected chi connectivity index (χ2v) is 6.90. The highest BCUT2D eigenvalue weighted by molar-refractivity contribution is 6.11. The number of aromatic hydroxyl groups is 1. The number of phenolic OH excluding ortho intramolecular Hbond substituents is 1. The Morgan fingerprint density at radius 1 is 1.04 bits per heavy atom. The number of anilines is 1. The normalized spacial score (nSPS) is 19.1. The van der Waals surface area contributed by atoms with Gasteiger partial charge in [0.1, 0.15) is 5.75 Å². The number of nitrogens with one attached hydrogen (secondary N) is 1. The number of hydrogen-bond donors (Lipinski definition) is 2. The Hall–Kier alpha value is -3.14. The van der Waals surface area contributed by atoms with Crippen LogP contribution in [-0.4, -0.2) is 15.9 Å². The van der Waals surface area contributed by atoms with Crippen molar-refractivity contribution in [2.45, 2.75) is 25.3 Å². The maximum absolute atomic E-state index is 12.8. The molecule has 0 spiro atoms. The maximum Gasteiger partial charge on any atom is 0.161 e. The van der Waals surface area contributed by atoms with E-state index >= 15 is 0 Å². The number of benzene rings is 2. The predicted molar refractivity (Wildman–Crippen MR) is 102 cm³/mol. The zero-order chi connectivity index (χ0) is 17.7. The zero-order valence-electron chi connectivity index (χ0n) is 14.2. The molecule has 1 atom stereocenters. The number of hydrogen-bond acceptors (Lipinski definition) is 4. The molecule has 2 N–H and O–H groups in total. The standard InChI is InChI=1S/C22H18N2O2/c25-14-8-6-13(7-9-14)21-20-15(3-1-5-19(20)26)16-10-11-18-17(22(16)24-21)4-2-12-23-18/h2,4,6-12,21,24-25H,1,3,5H2/t21-/m0/s1. The lowest BCUT2D eigenvalue weighted by atomic mass is 9.77. The largest absolute Gasteiger partial charge is 0.508 e. The minimum Gasteiger partial charge on any atom is -0.508 e. The van der Waals surface area contributed by atoms with Crippen molar-refractivity contribution in [1.29, 1.82) is 0 Å². The van der Waals surface area contributed by atoms with Crippen molar-refractivity contribution >= 4 is 27.9 Å². The molecular weight excluding hydrogens is 324 g/mol. The van der Waals surface area contributed by atoms with Crippen molar-refractivity contribution < 1.29 is 9.90 Å². The highest BCUT2D eigenvalue weighted by atomic mass is 16.3. The molecule has 0 unspecified atom stereocenters. The Balaban J connectivity index is 1.77. The Morgan fingerprint density at radius 3 is 2.73 bits per heavy atom. The molecule has 1 aromatic heterocycles. The van der Waals surface area contributed by atoms with Gasteiger partial charge in [-0.1, -0.05) is 18.2 Å². The summed E-state index contributed by atoms with van der Waals surface area (Å²) in [5, 5.41) is 14.3. The van der Waals surface area contributed by atoms with Crippen molar-refractivity contribution in [1.82, 2.24) is 4.98 Å². The summed E-state index contributed by atoms with van der Waals surface area (Å²) in [4.78, 5) is 17.3. The summed E-state index contributed by atoms with van der Waals surface area (Å²) in [7, 11) is 0. The Morgan fingerprint density at radius 2 is 1.88 bits per heavy atom. The second-order valence-electron chi connectivity index (χ2n) is 6.90. The van der Waals surface area contributed by atoms with Crippen molar-refractivity contribution in [3.63, 3.8) is 0 Å². The van der Waals surface area contributed by atoms with Crippen LogP contribution in [0.3, 0.4) is 0 Å². The van der Waals surface area contributed by atoms with Gasteiger partial charge in [0.25, 0.3) is 0 Å². The fraction of sp³-hybridized carbons (Fsp3) is 0.182. The third-order valence-electron chi connectivity index (χ3n) is 5.37. The Kier molecular flexibility index (Phi) is 3.32. The van der Waals surface area contributed by atoms with E-state index in [-0.39, 0.29) is 17.6 Å². The third-order valence-corrected chi connectivity index (χ3v) is 5.37. The van der Waals surface area contributed by atoms with E-state index in [0.29, 0.717) is 6.42 Å². The van der Waals surface area contributed by atoms with Crippen molar-refractivity contribution in [2.24, 2.45) is 0 Å². The summed E-state index contributed by atoms with van der Waals surface area (Å²) >= 11 is 0. The molecule has 0 saturated carbocycles. The average molecular weight is 342 g/mol. The molecule has 2 heterocycles. The number of carbonyl (C=O) groups is 1. The molecule has 1 aliphatic carbocycles. The number of Topliss-reactive ketones (excluding diaryl/α,β-unsaturated/α-hetero) is 1. The summed E-state index contributed by atoms with van der Waals surface area (Å²) in [6.07, 6.45) is 4.20. The third kappa shape index (κ3) is 2.22. The van der Waals surface area contributed by atoms with Crippen LogP contribution in [0.15, 0.2) is 60.3 Å². The number of allylic oxidation sites excluding steroid dienone is 1. The molecule has 3 aromatic rings. The Bertz CT molecular complexity index is 1070. The van der Waals surface area contributed by atoms with Gasteiger partial charge in [-0.05, 0) is 54.3 Å². The number of nitrogens with zero attached hydrogens (tertiary/aromatic N) is 1. The molecule has 128 valence electrons. The average Bonchev–Trinajstić information content (AvgIpc) is 2.68. The molecule has 1 aliphatic heterocycles. The van der Waals surface area contributed by atoms with E-state index in [4.69, 9.17) is 0 Å². The molecule has 0 amide bonds. The summed E-state index contributed by atoms with van der Waals surface area (Å²) in [6, 6.07) is 15.0. The van der Waals surface area contributed by atoms with Crippen LogP contribution in [0.5, 0.6) is 5.75 Å². The van der Waals surface area contributed by atoms with Gasteiger partial charge >= 0.3 is 0 Å². The van der Waals surface area contributed by atoms with Crippen LogP contribution >= 0.6 is 0 Å². The minimum atomic E-state index is -0.197. The van der Waals surface area contributed by atoms with Crippen LogP contribution in [0, 0.1) is 0 Å². The fourth-order valence-corrected chi connectivity index (χ4v) is 4.17. The van der Waals surface area contributed by atoms with Gasteiger partial charge in [0.2, 0.25) is 0 Å². The topological polar surface area (TPSA) is 62.2 Å². The molecule has 2 aromatic carbocycles. The van der Waals surface area contributed by atoms with Gasteiger partial charge in [0.15, 0.2) is 5.78 Å². The SMILES string of the molecule is O=C1CCCC2=C1[C@H](c1ccc(O)cc1)Nc1c2ccc2ncccc12. The van der Waals surface area contributed by atoms with E-state index in [1.807, 2.05) is 24.3 Å². The number of rotatable bonds is 1. The van der Waals surface area contributed by atoms with Gasteiger partial charge in [0.05, 0.1) is 17.2 Å². The van der Waals surface area contributed by atoms with E-state index in [1.54, 1.807) is 18.3 Å². The summed E-state index contributed by atoms with van der Waals surface area (Å²) in [5.74, 6) is 0.442. The van der Waals surface area contributed by atoms with Gasteiger partial charge in [0, 0.05) is 29.1 Å². The van der Waals surface area contributed by atoms with Gasteiger partial charge in [-0.2, -0.15) is 0 Å². The summed E-state index contributed by atoms with van der Waals surface area (Å²) < 4.78 is 0. The molecule has 0 fully saturated rings. The van der Waals surface area contributed by atoms with E-state index in [0.717, 1.165) is 51.7 Å². The Labute approximate surface area is 151 Å². The van der Waals surface area contributed by atoms with Crippen molar-refractivity contribution in [2.75, 3.05) is 5.32 Å². The first kappa shape index (κ1) is 15.1. The van der Waals surface area contributed by atoms with E-state index in [2.05, 4.69) is 22.4 Å². The van der Waals surface area contributed by atoms with Gasteiger partial charge in [-0.25, -0.2) is 0 Å². The molecule has 4 nitrogen and oxygen atoms in total. The zero-order valence-corrected chi connectivity index (χ0v) is 14.2. The van der Waals surface area contributed by atoms with E-state index < -0.39 is 0 Å². The van der Waals surface area contributed by atoms with Crippen molar-refractivity contribution in [3.05, 3.63) is 71.4 Å². The molecule has 0 saturated heterocycles. The molecule has 5 rings (SSSR count). The number of ketones is 1. The first-order valence-corrected chi connectivity index (χ1v) is 8.92. The first-order valence-electron chi connectivity index (χ1n) is 8.92. The maximum atomic E-state index is 12.8. The first-order chi connectivity index (χ1) is 12.7. The molecule has 26 heavy (non-hydrogen) atoms. The molecule has 2 aliphatic rings. The number of phenols is 1. The van der Waals surface area contributed by atoms with Gasteiger partial charge in [-0.15, -0.1) is 0 Å². The lowest BCUT2D eigenvalue weighted by molar-refractivity contribution is -0.116. The lowest BCUT2D eigenvalue weighted by Crippen LogP contribution is -2.27. The fourth-order valence-electron chi connectivity index (χ4n) is 4.17. The number of fused-ring (bicyclic) bond motifs is 4. The van der Waals surface area contributed by atoms with Crippen molar-refractivity contribution in [3.8, 4) is 5.75 Å². The van der Waals surface area contributed by atoms with Crippen LogP contribution in [0.25, 0.3) is 16.5 Å². The quantitative estimate of drug-likeness (QED) is 0.678. The molecule has 4 heteroatoms. The van der Waals surface area contributed by atoms with Crippen LogP contribution in [0.2, 0.25) is 0 Å². The lowest BCUT2D eigenvalue weighted by Gasteiger charge is -2.35. The molecular formula is C22H18N2O2. The highest BCUT2D eigenvalue weighted by Gasteiger charge is 2.34. The minimum absolute atomic E-state index is 0.197. The summed E-state index contributed by atoms with van der Waals surface area (Å²) in [5.41, 5.74) is 6.11. The molecule has 0 bridgehead atoms. The smallest absolute Gasteiger partial charge is 0.161 e. The number of aromatic nitrogens is 1. The van der Waals surface area contributed by atoms with E-state index in [9.17, 15) is 9.90 Å². The van der Waals surface area contributed by atoms with E-state index in [1.165, 1.54) is 0 Å². The van der Waals surface area contributed by atoms with Gasteiger partial charge < -0.3 is 10.4 Å². The number of carbonyl (C=O) groups excluding carboxylic acids is 1. The van der Waals surface area contributed by atoms with Crippen LogP contribution in [0.4, 0.5) is 5.69 Å². The van der Waals surface area contributed by atoms with Crippen LogP contribution < -0.4 is 5.32 Å². The van der Waals surface area contributed by atoms with Gasteiger partial charge in [-0.3, -0.25) is 9.78 Å². The monoisotopic (exact) mass is 342 g/mol. The molecule has 0 radical (unpaired) electrons. The highest BCUT2D eigenvalue weighted by Crippen LogP contribution is 2.47. The second kappa shape index (κ2) is 5.70. The number of pyridine rings is 1. The predicted octanol–water partition coefficient (Wildman–Crippen LogP) is 4.61. The summed E-state index contributed by atoms with van der Waals surface area (Å²) in [6.45, 7) is 0.